The molecular formula is C32H57Cl2InN8. The Hall–Kier alpha value is 1.13. The van der Waals surface area contributed by atoms with Gasteiger partial charge in [-0.3, -0.25) is 42.5 Å². The zero-order valence-electron chi connectivity index (χ0n) is 26.2. The summed E-state index contributed by atoms with van der Waals surface area (Å²) in [5, 5.41) is 33.8. The molecule has 17 atom stereocenters. The topological polar surface area (TPSA) is 96.2 Å². The molecule has 0 amide bonds. The summed E-state index contributed by atoms with van der Waals surface area (Å²) in [5.41, 5.74) is 0. The van der Waals surface area contributed by atoms with E-state index in [1.54, 1.807) is 0 Å². The maximum atomic E-state index is 7.19. The number of halogens is 2. The number of fused-ring (bicyclic) bond motifs is 20. The molecule has 5 heterocycles. The summed E-state index contributed by atoms with van der Waals surface area (Å²) in [7, 11) is 4.85. The van der Waals surface area contributed by atoms with Gasteiger partial charge in [0.05, 0.1) is 49.3 Å². The van der Waals surface area contributed by atoms with E-state index >= 15 is 0 Å². The van der Waals surface area contributed by atoms with Crippen LogP contribution in [-0.4, -0.2) is 77.9 Å². The van der Waals surface area contributed by atoms with E-state index < -0.39 is 0 Å². The average Bonchev–Trinajstić information content (AvgIpc) is 3.78. The Kier molecular flexibility index (Phi) is 9.90. The molecule has 242 valence electrons. The first-order chi connectivity index (χ1) is 21.2. The van der Waals surface area contributed by atoms with Crippen molar-refractivity contribution in [1.29, 1.82) is 0 Å². The van der Waals surface area contributed by atoms with Crippen LogP contribution >= 0.6 is 20.2 Å². The van der Waals surface area contributed by atoms with Gasteiger partial charge in [0.2, 0.25) is 0 Å². The Bertz CT molecular complexity index is 964. The molecule has 0 aromatic heterocycles. The van der Waals surface area contributed by atoms with Crippen molar-refractivity contribution < 1.29 is 0 Å². The Labute approximate surface area is 282 Å². The summed E-state index contributed by atoms with van der Waals surface area (Å²) in [6.45, 7) is 0. The zero-order chi connectivity index (χ0) is 29.1. The minimum absolute atomic E-state index is 0.252. The maximum absolute atomic E-state index is 7.19. The van der Waals surface area contributed by atoms with Crippen molar-refractivity contribution in [3.63, 3.8) is 0 Å². The molecule has 0 radical (unpaired) electrons. The normalized spacial score (nSPS) is 55.7. The van der Waals surface area contributed by atoms with Gasteiger partial charge in [-0.05, 0) is 92.8 Å². The van der Waals surface area contributed by atoms with E-state index in [2.05, 4.69) is 42.5 Å². The third kappa shape index (κ3) is 5.80. The van der Waals surface area contributed by atoms with Crippen molar-refractivity contribution in [3.8, 4) is 0 Å². The van der Waals surface area contributed by atoms with Crippen LogP contribution in [0.2, 0.25) is 0 Å². The Morgan fingerprint density at radius 3 is 0.907 bits per heavy atom. The molecule has 0 spiro atoms. The summed E-state index contributed by atoms with van der Waals surface area (Å²) in [4.78, 5) is 0. The molecule has 9 aliphatic rings. The van der Waals surface area contributed by atoms with Gasteiger partial charge in [0.1, 0.15) is 0 Å². The van der Waals surface area contributed by atoms with Gasteiger partial charge in [-0.1, -0.05) is 44.9 Å². The van der Waals surface area contributed by atoms with Gasteiger partial charge >= 0.3 is 31.8 Å². The second-order valence-corrected chi connectivity index (χ2v) is 16.2. The summed E-state index contributed by atoms with van der Waals surface area (Å²) in [6, 6.07) is 0. The SMILES string of the molecule is ClC1CCCC2C3NC4NC(NC5NC(NC6NC(NC(N3)C12)C1CCCCC61)C1CCCCC51)C1CCCCC41.[Cl][InH2]. The van der Waals surface area contributed by atoms with E-state index in [1.165, 1.54) is 89.9 Å². The van der Waals surface area contributed by atoms with Gasteiger partial charge in [-0.2, -0.15) is 0 Å². The first kappa shape index (κ1) is 31.4. The Balaban J connectivity index is 0.00000136. The third-order valence-electron chi connectivity index (χ3n) is 13.8. The standard InChI is InChI=1S/C32H55ClN8.ClH.In.2H/c33-23-15-7-14-22-24(23)32-40-30-21-13-6-5-12-20(21)28(38-30)36-26-17-9-2-1-8-16(17)25(34-26)35-27-18-10-3-4-11-19(18)29(37-27)39-31(22)41-32;;;;/h16-32,34-41H,1-15H2;1H;;;/q;;+1;;/p-1. The Morgan fingerprint density at radius 1 is 0.326 bits per heavy atom. The molecule has 17 unspecified atom stereocenters. The van der Waals surface area contributed by atoms with E-state index in [-0.39, 0.29) is 11.5 Å². The number of nitrogens with one attached hydrogen (secondary N) is 8. The van der Waals surface area contributed by atoms with E-state index in [1.807, 2.05) is 0 Å². The van der Waals surface area contributed by atoms with Crippen LogP contribution < -0.4 is 42.5 Å². The fourth-order valence-electron chi connectivity index (χ4n) is 12.0. The van der Waals surface area contributed by atoms with Crippen molar-refractivity contribution in [2.24, 2.45) is 47.3 Å². The van der Waals surface area contributed by atoms with Crippen LogP contribution in [0.4, 0.5) is 0 Å². The summed E-state index contributed by atoms with van der Waals surface area (Å²) < 4.78 is 0. The molecule has 43 heavy (non-hydrogen) atoms. The van der Waals surface area contributed by atoms with Crippen LogP contribution in [0.25, 0.3) is 0 Å². The molecule has 8 nitrogen and oxygen atoms in total. The molecule has 8 N–H and O–H groups in total. The summed E-state index contributed by atoms with van der Waals surface area (Å²) in [5.74, 6) is 5.34. The van der Waals surface area contributed by atoms with Crippen molar-refractivity contribution in [2.45, 2.75) is 151 Å². The molecule has 4 aliphatic carbocycles. The first-order valence-electron chi connectivity index (χ1n) is 18.3. The molecule has 0 aromatic rings. The molecule has 11 heteroatoms. The minimum atomic E-state index is 0.252. The quantitative estimate of drug-likeness (QED) is 0.180. The molecule has 9 rings (SSSR count). The number of hydrogen-bond acceptors (Lipinski definition) is 8. The predicted octanol–water partition coefficient (Wildman–Crippen LogP) is 2.60. The van der Waals surface area contributed by atoms with Crippen LogP contribution in [0.1, 0.15) is 96.3 Å². The Morgan fingerprint density at radius 2 is 0.581 bits per heavy atom. The molecule has 0 aromatic carbocycles. The molecule has 9 fully saturated rings. The van der Waals surface area contributed by atoms with Crippen molar-refractivity contribution >= 4 is 43.4 Å². The van der Waals surface area contributed by atoms with Gasteiger partial charge in [0.25, 0.3) is 0 Å². The second kappa shape index (κ2) is 13.6. The van der Waals surface area contributed by atoms with Crippen molar-refractivity contribution in [2.75, 3.05) is 0 Å². The van der Waals surface area contributed by atoms with Crippen molar-refractivity contribution in [1.82, 2.24) is 42.5 Å². The molecule has 8 bridgehead atoms. The number of alkyl halides is 1. The predicted molar refractivity (Wildman–Crippen MR) is 177 cm³/mol. The third-order valence-corrected chi connectivity index (χ3v) is 14.3. The second-order valence-electron chi connectivity index (χ2n) is 15.7. The van der Waals surface area contributed by atoms with Gasteiger partial charge in [0.15, 0.2) is 0 Å². The van der Waals surface area contributed by atoms with E-state index in [4.69, 9.17) is 20.2 Å². The fraction of sp³-hybridized carbons (Fsp3) is 1.00. The van der Waals surface area contributed by atoms with Gasteiger partial charge < -0.3 is 0 Å². The van der Waals surface area contributed by atoms with Crippen LogP contribution in [0.5, 0.6) is 0 Å². The van der Waals surface area contributed by atoms with Crippen LogP contribution in [0, 0.1) is 47.3 Å². The van der Waals surface area contributed by atoms with Gasteiger partial charge in [-0.15, -0.1) is 11.6 Å². The summed E-state index contributed by atoms with van der Waals surface area (Å²) >= 11 is 7.62. The number of rotatable bonds is 0. The van der Waals surface area contributed by atoms with Crippen LogP contribution in [0.3, 0.4) is 0 Å². The zero-order valence-corrected chi connectivity index (χ0v) is 33.4. The van der Waals surface area contributed by atoms with Gasteiger partial charge in [-0.25, -0.2) is 0 Å². The molecule has 4 saturated carbocycles. The monoisotopic (exact) mass is 738 g/mol. The van der Waals surface area contributed by atoms with E-state index in [9.17, 15) is 0 Å². The molecule has 5 saturated heterocycles. The molecule has 5 aliphatic heterocycles. The molecular weight excluding hydrogens is 682 g/mol. The van der Waals surface area contributed by atoms with Crippen LogP contribution in [-0.2, 0) is 0 Å². The van der Waals surface area contributed by atoms with Crippen LogP contribution in [0.15, 0.2) is 0 Å². The first-order valence-corrected chi connectivity index (χ1v) is 26.0. The fourth-order valence-corrected chi connectivity index (χ4v) is 12.5. The van der Waals surface area contributed by atoms with E-state index in [0.717, 1.165) is 18.3 Å². The summed E-state index contributed by atoms with van der Waals surface area (Å²) in [6.07, 6.45) is 22.9. The van der Waals surface area contributed by atoms with Crippen molar-refractivity contribution in [3.05, 3.63) is 0 Å². The number of hydrogen-bond donors (Lipinski definition) is 8. The van der Waals surface area contributed by atoms with Gasteiger partial charge in [0, 0.05) is 11.3 Å². The average molecular weight is 740 g/mol. The van der Waals surface area contributed by atoms with E-state index in [0.29, 0.717) is 102 Å².